The summed E-state index contributed by atoms with van der Waals surface area (Å²) in [5.74, 6) is -0.392. The third-order valence-corrected chi connectivity index (χ3v) is 6.98. The number of thiazole rings is 1. The molecule has 0 aliphatic carbocycles. The number of rotatable bonds is 8. The van der Waals surface area contributed by atoms with Crippen LogP contribution in [0, 0.1) is 13.8 Å². The van der Waals surface area contributed by atoms with E-state index in [-0.39, 0.29) is 12.6 Å². The summed E-state index contributed by atoms with van der Waals surface area (Å²) in [4.78, 5) is 17.9. The molecular weight excluding hydrogens is 380 g/mol. The molecule has 1 unspecified atom stereocenters. The predicted molar refractivity (Wildman–Crippen MR) is 101 cm³/mol. The minimum Gasteiger partial charge on any atom is -0.345 e. The van der Waals surface area contributed by atoms with E-state index >= 15 is 0 Å². The zero-order valence-electron chi connectivity index (χ0n) is 14.6. The van der Waals surface area contributed by atoms with Crippen molar-refractivity contribution in [1.29, 1.82) is 0 Å². The molecular formula is C15H22N4O3S3. The smallest absolute Gasteiger partial charge is 0.279 e. The van der Waals surface area contributed by atoms with E-state index in [4.69, 9.17) is 0 Å². The number of carbonyl (C=O) groups excluding carboxylic acids is 1. The van der Waals surface area contributed by atoms with Crippen molar-refractivity contribution in [1.82, 2.24) is 19.3 Å². The second-order valence-corrected chi connectivity index (χ2v) is 9.74. The van der Waals surface area contributed by atoms with Gasteiger partial charge in [-0.05, 0) is 36.2 Å². The standard InChI is InChI=1S/C15H22N4O3S3/c1-10-11(2)24-15(17-10)13(7-12-5-6-23-9-12)18-14(20)8-16-25(21,22)19(3)4/h5-6,9,13,16H,7-8H2,1-4H3,(H,18,20). The van der Waals surface area contributed by atoms with Crippen LogP contribution in [0.15, 0.2) is 16.8 Å². The van der Waals surface area contributed by atoms with Gasteiger partial charge >= 0.3 is 0 Å². The molecule has 2 heterocycles. The molecule has 0 aromatic carbocycles. The van der Waals surface area contributed by atoms with Crippen LogP contribution in [0.25, 0.3) is 0 Å². The van der Waals surface area contributed by atoms with Crippen LogP contribution in [-0.2, 0) is 21.4 Å². The highest BCUT2D eigenvalue weighted by Gasteiger charge is 2.21. The number of aryl methyl sites for hydroxylation is 2. The van der Waals surface area contributed by atoms with Crippen molar-refractivity contribution in [3.63, 3.8) is 0 Å². The average molecular weight is 403 g/mol. The highest BCUT2D eigenvalue weighted by Crippen LogP contribution is 2.26. The Morgan fingerprint density at radius 2 is 2.08 bits per heavy atom. The van der Waals surface area contributed by atoms with Crippen LogP contribution in [0.2, 0.25) is 0 Å². The number of aromatic nitrogens is 1. The molecule has 10 heteroatoms. The molecule has 0 aliphatic rings. The highest BCUT2D eigenvalue weighted by molar-refractivity contribution is 7.87. The number of nitrogens with zero attached hydrogens (tertiary/aromatic N) is 2. The Morgan fingerprint density at radius 1 is 1.36 bits per heavy atom. The van der Waals surface area contributed by atoms with Gasteiger partial charge in [0.1, 0.15) is 5.01 Å². The zero-order chi connectivity index (χ0) is 18.6. The van der Waals surface area contributed by atoms with E-state index in [2.05, 4.69) is 15.0 Å². The first-order valence-electron chi connectivity index (χ1n) is 7.60. The quantitative estimate of drug-likeness (QED) is 0.702. The van der Waals surface area contributed by atoms with Gasteiger partial charge in [-0.25, -0.2) is 4.98 Å². The molecule has 1 atom stereocenters. The van der Waals surface area contributed by atoms with Crippen molar-refractivity contribution in [2.75, 3.05) is 20.6 Å². The molecule has 0 fully saturated rings. The van der Waals surface area contributed by atoms with Crippen LogP contribution >= 0.6 is 22.7 Å². The largest absolute Gasteiger partial charge is 0.345 e. The molecule has 2 N–H and O–H groups in total. The highest BCUT2D eigenvalue weighted by atomic mass is 32.2. The third kappa shape index (κ3) is 5.58. The molecule has 0 aliphatic heterocycles. The zero-order valence-corrected chi connectivity index (χ0v) is 17.0. The fraction of sp³-hybridized carbons (Fsp3) is 0.467. The summed E-state index contributed by atoms with van der Waals surface area (Å²) < 4.78 is 26.7. The fourth-order valence-corrected chi connectivity index (χ4v) is 4.25. The Balaban J connectivity index is 2.09. The summed E-state index contributed by atoms with van der Waals surface area (Å²) in [6.45, 7) is 3.61. The molecule has 0 saturated carbocycles. The Morgan fingerprint density at radius 3 is 2.60 bits per heavy atom. The Kier molecular flexibility index (Phi) is 6.69. The molecule has 7 nitrogen and oxygen atoms in total. The summed E-state index contributed by atoms with van der Waals surface area (Å²) in [5.41, 5.74) is 2.05. The van der Waals surface area contributed by atoms with Crippen LogP contribution in [0.4, 0.5) is 0 Å². The maximum Gasteiger partial charge on any atom is 0.279 e. The van der Waals surface area contributed by atoms with Gasteiger partial charge in [-0.15, -0.1) is 11.3 Å². The molecule has 0 radical (unpaired) electrons. The Hall–Kier alpha value is -1.33. The minimum atomic E-state index is -3.64. The van der Waals surface area contributed by atoms with Gasteiger partial charge in [0.2, 0.25) is 5.91 Å². The van der Waals surface area contributed by atoms with Crippen molar-refractivity contribution < 1.29 is 13.2 Å². The molecule has 2 rings (SSSR count). The molecule has 2 aromatic heterocycles. The topological polar surface area (TPSA) is 91.4 Å². The van der Waals surface area contributed by atoms with E-state index in [0.29, 0.717) is 6.42 Å². The van der Waals surface area contributed by atoms with Gasteiger partial charge in [0, 0.05) is 25.4 Å². The number of thiophene rings is 1. The van der Waals surface area contributed by atoms with Crippen LogP contribution in [0.1, 0.15) is 27.2 Å². The summed E-state index contributed by atoms with van der Waals surface area (Å²) in [5, 5.41) is 7.73. The predicted octanol–water partition coefficient (Wildman–Crippen LogP) is 1.62. The number of nitrogens with one attached hydrogen (secondary N) is 2. The number of carbonyl (C=O) groups is 1. The molecule has 25 heavy (non-hydrogen) atoms. The summed E-state index contributed by atoms with van der Waals surface area (Å²) >= 11 is 3.14. The average Bonchev–Trinajstić information content (AvgIpc) is 3.15. The second kappa shape index (κ2) is 8.37. The van der Waals surface area contributed by atoms with Gasteiger partial charge in [0.05, 0.1) is 18.3 Å². The molecule has 138 valence electrons. The maximum atomic E-state index is 12.2. The van der Waals surface area contributed by atoms with Gasteiger partial charge in [0.25, 0.3) is 10.2 Å². The monoisotopic (exact) mass is 402 g/mol. The van der Waals surface area contributed by atoms with E-state index in [1.807, 2.05) is 30.7 Å². The lowest BCUT2D eigenvalue weighted by molar-refractivity contribution is -0.120. The summed E-state index contributed by atoms with van der Waals surface area (Å²) in [6.07, 6.45) is 0.613. The summed E-state index contributed by atoms with van der Waals surface area (Å²) in [6, 6.07) is 1.72. The van der Waals surface area contributed by atoms with Gasteiger partial charge < -0.3 is 5.32 Å². The second-order valence-electron chi connectivity index (χ2n) is 5.76. The van der Waals surface area contributed by atoms with Crippen molar-refractivity contribution in [3.05, 3.63) is 38.0 Å². The molecule has 0 bridgehead atoms. The van der Waals surface area contributed by atoms with Crippen molar-refractivity contribution in [2.24, 2.45) is 0 Å². The lowest BCUT2D eigenvalue weighted by Crippen LogP contribution is -2.43. The number of hydrogen-bond donors (Lipinski definition) is 2. The van der Waals surface area contributed by atoms with Crippen LogP contribution < -0.4 is 10.0 Å². The first-order valence-corrected chi connectivity index (χ1v) is 10.8. The Bertz CT molecular complexity index is 794. The van der Waals surface area contributed by atoms with Crippen molar-refractivity contribution in [3.8, 4) is 0 Å². The van der Waals surface area contributed by atoms with Gasteiger partial charge in [-0.2, -0.15) is 28.8 Å². The molecule has 1 amide bonds. The van der Waals surface area contributed by atoms with E-state index < -0.39 is 16.1 Å². The molecule has 0 spiro atoms. The van der Waals surface area contributed by atoms with Gasteiger partial charge in [-0.1, -0.05) is 0 Å². The molecule has 0 saturated heterocycles. The first-order chi connectivity index (χ1) is 11.7. The number of hydrogen-bond acceptors (Lipinski definition) is 6. The van der Waals surface area contributed by atoms with Crippen LogP contribution in [0.3, 0.4) is 0 Å². The Labute approximate surface area is 156 Å². The normalized spacial score (nSPS) is 13.2. The summed E-state index contributed by atoms with van der Waals surface area (Å²) in [7, 11) is -0.828. The van der Waals surface area contributed by atoms with E-state index in [1.165, 1.54) is 14.1 Å². The lowest BCUT2D eigenvalue weighted by Gasteiger charge is -2.17. The lowest BCUT2D eigenvalue weighted by atomic mass is 10.1. The molecule has 2 aromatic rings. The van der Waals surface area contributed by atoms with Crippen molar-refractivity contribution >= 4 is 38.8 Å². The van der Waals surface area contributed by atoms with E-state index in [0.717, 1.165) is 25.4 Å². The van der Waals surface area contributed by atoms with Crippen LogP contribution in [-0.4, -0.2) is 44.3 Å². The van der Waals surface area contributed by atoms with Gasteiger partial charge in [-0.3, -0.25) is 4.79 Å². The van der Waals surface area contributed by atoms with E-state index in [9.17, 15) is 13.2 Å². The third-order valence-electron chi connectivity index (χ3n) is 3.59. The SMILES string of the molecule is Cc1nc(C(Cc2ccsc2)NC(=O)CNS(=O)(=O)N(C)C)sc1C. The minimum absolute atomic E-state index is 0.289. The van der Waals surface area contributed by atoms with Gasteiger partial charge in [0.15, 0.2) is 0 Å². The van der Waals surface area contributed by atoms with E-state index in [1.54, 1.807) is 22.7 Å². The van der Waals surface area contributed by atoms with Crippen LogP contribution in [0.5, 0.6) is 0 Å². The fourth-order valence-electron chi connectivity index (χ4n) is 2.02. The number of amides is 1. The maximum absolute atomic E-state index is 12.2. The van der Waals surface area contributed by atoms with Crippen molar-refractivity contribution in [2.45, 2.75) is 26.3 Å². The first kappa shape index (κ1) is 20.0.